The van der Waals surface area contributed by atoms with E-state index in [1.54, 1.807) is 4.57 Å². The van der Waals surface area contributed by atoms with Gasteiger partial charge in [-0.2, -0.15) is 0 Å². The predicted octanol–water partition coefficient (Wildman–Crippen LogP) is 2.08. The maximum atomic E-state index is 14.4. The van der Waals surface area contributed by atoms with Crippen LogP contribution in [0.2, 0.25) is 0 Å². The van der Waals surface area contributed by atoms with Crippen LogP contribution in [0.3, 0.4) is 0 Å². The molecule has 0 saturated heterocycles. The first-order valence-corrected chi connectivity index (χ1v) is 8.53. The summed E-state index contributed by atoms with van der Waals surface area (Å²) < 4.78 is 21.2. The molecule has 0 aliphatic heterocycles. The smallest absolute Gasteiger partial charge is 0.341 e. The van der Waals surface area contributed by atoms with E-state index in [2.05, 4.69) is 5.32 Å². The van der Waals surface area contributed by atoms with Crippen molar-refractivity contribution in [1.29, 1.82) is 0 Å². The molecule has 1 aliphatic carbocycles. The highest BCUT2D eigenvalue weighted by molar-refractivity contribution is 5.93. The van der Waals surface area contributed by atoms with Crippen LogP contribution in [0, 0.1) is 5.82 Å². The number of ether oxygens (including phenoxy) is 1. The van der Waals surface area contributed by atoms with Crippen LogP contribution >= 0.6 is 0 Å². The van der Waals surface area contributed by atoms with Gasteiger partial charge < -0.3 is 24.8 Å². The molecule has 3 rings (SSSR count). The molecule has 0 atom stereocenters. The third kappa shape index (κ3) is 4.25. The maximum absolute atomic E-state index is 14.4. The average Bonchev–Trinajstić information content (AvgIpc) is 3.43. The summed E-state index contributed by atoms with van der Waals surface area (Å²) in [5.74, 6) is -2.96. The standard InChI is InChI=1S/C18H19FN2O6/c19-13-7-11-15(8-14(13)20-4-6-27-5-3-16(22)23)21(10-1-2-10)9-12(17(11)24)18(25)26/h7-10,20H,1-6H2,(H,22,23)(H,25,26). The van der Waals surface area contributed by atoms with Crippen LogP contribution in [-0.4, -0.2) is 46.5 Å². The van der Waals surface area contributed by atoms with Crippen LogP contribution in [0.1, 0.15) is 35.7 Å². The lowest BCUT2D eigenvalue weighted by Gasteiger charge is -2.14. The Morgan fingerprint density at radius 3 is 2.63 bits per heavy atom. The molecule has 1 aromatic carbocycles. The van der Waals surface area contributed by atoms with E-state index in [1.165, 1.54) is 12.3 Å². The fourth-order valence-electron chi connectivity index (χ4n) is 2.83. The number of nitrogens with one attached hydrogen (secondary N) is 1. The molecule has 0 spiro atoms. The molecule has 0 unspecified atom stereocenters. The van der Waals surface area contributed by atoms with Crippen molar-refractivity contribution in [2.75, 3.05) is 25.1 Å². The summed E-state index contributed by atoms with van der Waals surface area (Å²) in [5, 5.41) is 20.6. The second-order valence-electron chi connectivity index (χ2n) is 6.35. The minimum absolute atomic E-state index is 0.0301. The summed E-state index contributed by atoms with van der Waals surface area (Å²) in [6, 6.07) is 2.65. The number of hydrogen-bond acceptors (Lipinski definition) is 5. The van der Waals surface area contributed by atoms with Crippen molar-refractivity contribution in [2.45, 2.75) is 25.3 Å². The first-order chi connectivity index (χ1) is 12.9. The molecule has 27 heavy (non-hydrogen) atoms. The van der Waals surface area contributed by atoms with Gasteiger partial charge in [0.25, 0.3) is 0 Å². The third-order valence-corrected chi connectivity index (χ3v) is 4.31. The van der Waals surface area contributed by atoms with Crippen molar-refractivity contribution < 1.29 is 28.9 Å². The Morgan fingerprint density at radius 1 is 1.26 bits per heavy atom. The molecule has 1 heterocycles. The number of carboxylic acid groups (broad SMARTS) is 2. The van der Waals surface area contributed by atoms with Gasteiger partial charge in [-0.1, -0.05) is 0 Å². The van der Waals surface area contributed by atoms with Gasteiger partial charge in [-0.3, -0.25) is 9.59 Å². The quantitative estimate of drug-likeness (QED) is 0.572. The lowest BCUT2D eigenvalue weighted by molar-refractivity contribution is -0.138. The number of hydrogen-bond donors (Lipinski definition) is 3. The summed E-state index contributed by atoms with van der Waals surface area (Å²) in [4.78, 5) is 34.1. The number of aromatic carboxylic acids is 1. The van der Waals surface area contributed by atoms with Gasteiger partial charge in [0, 0.05) is 24.2 Å². The molecule has 0 bridgehead atoms. The van der Waals surface area contributed by atoms with Crippen LogP contribution in [0.5, 0.6) is 0 Å². The summed E-state index contributed by atoms with van der Waals surface area (Å²) in [6.45, 7) is 0.511. The Morgan fingerprint density at radius 2 is 2.00 bits per heavy atom. The van der Waals surface area contributed by atoms with E-state index in [0.717, 1.165) is 18.9 Å². The zero-order chi connectivity index (χ0) is 19.6. The topological polar surface area (TPSA) is 118 Å². The molecule has 2 aromatic rings. The fraction of sp³-hybridized carbons (Fsp3) is 0.389. The largest absolute Gasteiger partial charge is 0.481 e. The van der Waals surface area contributed by atoms with E-state index in [1.807, 2.05) is 0 Å². The van der Waals surface area contributed by atoms with Crippen LogP contribution in [0.4, 0.5) is 10.1 Å². The second kappa shape index (κ2) is 7.75. The highest BCUT2D eigenvalue weighted by atomic mass is 19.1. The molecule has 0 radical (unpaired) electrons. The number of halogens is 1. The van der Waals surface area contributed by atoms with E-state index in [4.69, 9.17) is 9.84 Å². The van der Waals surface area contributed by atoms with Crippen molar-refractivity contribution in [3.8, 4) is 0 Å². The highest BCUT2D eigenvalue weighted by Crippen LogP contribution is 2.37. The van der Waals surface area contributed by atoms with Gasteiger partial charge in [-0.25, -0.2) is 9.18 Å². The number of pyridine rings is 1. The summed E-state index contributed by atoms with van der Waals surface area (Å²) >= 11 is 0. The number of carboxylic acids is 2. The molecule has 3 N–H and O–H groups in total. The Labute approximate surface area is 153 Å². The van der Waals surface area contributed by atoms with Gasteiger partial charge in [0.2, 0.25) is 5.43 Å². The molecule has 1 aromatic heterocycles. The summed E-state index contributed by atoms with van der Waals surface area (Å²) in [7, 11) is 0. The van der Waals surface area contributed by atoms with Crippen molar-refractivity contribution >= 4 is 28.5 Å². The number of aromatic nitrogens is 1. The van der Waals surface area contributed by atoms with Gasteiger partial charge in [0.05, 0.1) is 30.8 Å². The van der Waals surface area contributed by atoms with Gasteiger partial charge >= 0.3 is 11.9 Å². The first kappa shape index (κ1) is 18.8. The summed E-state index contributed by atoms with van der Waals surface area (Å²) in [6.07, 6.45) is 2.95. The van der Waals surface area contributed by atoms with E-state index in [-0.39, 0.29) is 48.9 Å². The monoisotopic (exact) mass is 378 g/mol. The van der Waals surface area contributed by atoms with Crippen molar-refractivity contribution in [2.24, 2.45) is 0 Å². The molecule has 1 fully saturated rings. The minimum atomic E-state index is -1.34. The molecular weight excluding hydrogens is 359 g/mol. The van der Waals surface area contributed by atoms with Gasteiger partial charge in [0.1, 0.15) is 11.4 Å². The molecule has 1 aliphatic rings. The number of aliphatic carboxylic acids is 1. The molecule has 8 nitrogen and oxygen atoms in total. The van der Waals surface area contributed by atoms with Gasteiger partial charge in [0.15, 0.2) is 0 Å². The van der Waals surface area contributed by atoms with Crippen LogP contribution in [0.15, 0.2) is 23.1 Å². The van der Waals surface area contributed by atoms with Crippen LogP contribution in [0.25, 0.3) is 10.9 Å². The molecule has 0 amide bonds. The number of carbonyl (C=O) groups is 2. The van der Waals surface area contributed by atoms with E-state index >= 15 is 0 Å². The van der Waals surface area contributed by atoms with E-state index < -0.39 is 23.2 Å². The Bertz CT molecular complexity index is 951. The van der Waals surface area contributed by atoms with Gasteiger partial charge in [-0.05, 0) is 25.0 Å². The van der Waals surface area contributed by atoms with Crippen LogP contribution in [-0.2, 0) is 9.53 Å². The predicted molar refractivity (Wildman–Crippen MR) is 95.0 cm³/mol. The molecular formula is C18H19FN2O6. The molecule has 144 valence electrons. The summed E-state index contributed by atoms with van der Waals surface area (Å²) in [5.41, 5.74) is -0.442. The number of benzene rings is 1. The highest BCUT2D eigenvalue weighted by Gasteiger charge is 2.27. The molecule has 1 saturated carbocycles. The van der Waals surface area contributed by atoms with E-state index in [0.29, 0.717) is 5.52 Å². The fourth-order valence-corrected chi connectivity index (χ4v) is 2.83. The Kier molecular flexibility index (Phi) is 5.41. The average molecular weight is 378 g/mol. The van der Waals surface area contributed by atoms with Crippen molar-refractivity contribution in [3.63, 3.8) is 0 Å². The lowest BCUT2D eigenvalue weighted by Crippen LogP contribution is -2.19. The number of anilines is 1. The number of nitrogens with zero attached hydrogens (tertiary/aromatic N) is 1. The number of fused-ring (bicyclic) bond motifs is 1. The normalized spacial score (nSPS) is 13.7. The van der Waals surface area contributed by atoms with Crippen molar-refractivity contribution in [1.82, 2.24) is 4.57 Å². The number of rotatable bonds is 9. The third-order valence-electron chi connectivity index (χ3n) is 4.31. The Hall–Kier alpha value is -2.94. The Balaban J connectivity index is 1.84. The van der Waals surface area contributed by atoms with E-state index in [9.17, 15) is 23.9 Å². The van der Waals surface area contributed by atoms with Crippen molar-refractivity contribution in [3.05, 3.63) is 39.9 Å². The second-order valence-corrected chi connectivity index (χ2v) is 6.35. The molecule has 9 heteroatoms. The lowest BCUT2D eigenvalue weighted by atomic mass is 10.1. The minimum Gasteiger partial charge on any atom is -0.481 e. The SMILES string of the molecule is O=C(O)CCOCCNc1cc2c(cc1F)c(=O)c(C(=O)O)cn2C1CC1. The zero-order valence-corrected chi connectivity index (χ0v) is 14.4. The zero-order valence-electron chi connectivity index (χ0n) is 14.4. The van der Waals surface area contributed by atoms with Gasteiger partial charge in [-0.15, -0.1) is 0 Å². The van der Waals surface area contributed by atoms with Crippen LogP contribution < -0.4 is 10.7 Å². The first-order valence-electron chi connectivity index (χ1n) is 8.53. The maximum Gasteiger partial charge on any atom is 0.341 e.